The van der Waals surface area contributed by atoms with Crippen molar-refractivity contribution >= 4 is 17.2 Å². The molecule has 1 aromatic rings. The summed E-state index contributed by atoms with van der Waals surface area (Å²) in [6, 6.07) is 9.11. The Balaban J connectivity index is 1.47. The molecule has 6 heteroatoms. The van der Waals surface area contributed by atoms with Crippen LogP contribution < -0.4 is 4.90 Å². The second kappa shape index (κ2) is 10.3. The van der Waals surface area contributed by atoms with Gasteiger partial charge in [-0.2, -0.15) is 0 Å². The first-order valence-electron chi connectivity index (χ1n) is 14.6. The molecule has 0 spiro atoms. The third kappa shape index (κ3) is 4.17. The van der Waals surface area contributed by atoms with Gasteiger partial charge in [0, 0.05) is 24.7 Å². The van der Waals surface area contributed by atoms with Gasteiger partial charge < -0.3 is 20.0 Å². The van der Waals surface area contributed by atoms with Gasteiger partial charge in [-0.25, -0.2) is 0 Å². The van der Waals surface area contributed by atoms with Gasteiger partial charge in [0.05, 0.1) is 24.3 Å². The SMILES string of the molecule is CC(=O)[C@@]1(C#CCO)CC[C@H]2[C@@H]3CCC4=C/C(=N/O)CCC4=C3[C@@H](c3ccc(N4CCOCC4)cc3)C[C@@]21C. The number of Topliss-reactive ketones (excluding diaryl/α,β-unsaturated/α-hetero) is 1. The first-order chi connectivity index (χ1) is 18.9. The smallest absolute Gasteiger partial charge is 0.148 e. The van der Waals surface area contributed by atoms with E-state index >= 15 is 0 Å². The molecule has 5 atom stereocenters. The summed E-state index contributed by atoms with van der Waals surface area (Å²) in [5.41, 5.74) is 6.67. The van der Waals surface area contributed by atoms with Gasteiger partial charge in [-0.1, -0.05) is 41.6 Å². The summed E-state index contributed by atoms with van der Waals surface area (Å²) >= 11 is 0. The largest absolute Gasteiger partial charge is 0.411 e. The van der Waals surface area contributed by atoms with Crippen molar-refractivity contribution in [2.45, 2.75) is 64.7 Å². The lowest BCUT2D eigenvalue weighted by molar-refractivity contribution is -0.130. The van der Waals surface area contributed by atoms with Crippen LogP contribution >= 0.6 is 0 Å². The highest BCUT2D eigenvalue weighted by Crippen LogP contribution is 2.69. The fraction of sp³-hybridized carbons (Fsp3) is 0.576. The second-order valence-corrected chi connectivity index (χ2v) is 12.3. The Hall–Kier alpha value is -2.88. The molecular weight excluding hydrogens is 488 g/mol. The van der Waals surface area contributed by atoms with Crippen molar-refractivity contribution in [2.75, 3.05) is 37.8 Å². The van der Waals surface area contributed by atoms with E-state index in [9.17, 15) is 15.1 Å². The highest BCUT2D eigenvalue weighted by atomic mass is 16.5. The molecule has 2 N–H and O–H groups in total. The number of benzene rings is 1. The lowest BCUT2D eigenvalue weighted by Gasteiger charge is -2.54. The number of fused-ring (bicyclic) bond motifs is 4. The molecule has 0 amide bonds. The Morgan fingerprint density at radius 3 is 2.62 bits per heavy atom. The highest BCUT2D eigenvalue weighted by molar-refractivity contribution is 5.97. The number of aliphatic hydroxyl groups excluding tert-OH is 1. The molecule has 39 heavy (non-hydrogen) atoms. The second-order valence-electron chi connectivity index (χ2n) is 12.3. The maximum absolute atomic E-state index is 13.4. The van der Waals surface area contributed by atoms with E-state index in [0.717, 1.165) is 77.0 Å². The molecule has 1 aliphatic heterocycles. The fourth-order valence-electron chi connectivity index (χ4n) is 8.88. The number of rotatable bonds is 3. The molecule has 1 heterocycles. The predicted molar refractivity (Wildman–Crippen MR) is 152 cm³/mol. The number of carbonyl (C=O) groups excluding carboxylic acids is 1. The zero-order chi connectivity index (χ0) is 27.2. The van der Waals surface area contributed by atoms with Crippen LogP contribution in [0.5, 0.6) is 0 Å². The molecule has 3 fully saturated rings. The first-order valence-corrected chi connectivity index (χ1v) is 14.6. The first kappa shape index (κ1) is 26.3. The quantitative estimate of drug-likeness (QED) is 0.318. The summed E-state index contributed by atoms with van der Waals surface area (Å²) in [5.74, 6) is 7.38. The molecule has 206 valence electrons. The number of hydrogen-bond acceptors (Lipinski definition) is 6. The molecule has 1 saturated heterocycles. The molecule has 6 rings (SSSR count). The van der Waals surface area contributed by atoms with Crippen molar-refractivity contribution in [3.8, 4) is 11.8 Å². The van der Waals surface area contributed by atoms with Crippen molar-refractivity contribution in [3.05, 3.63) is 52.6 Å². The summed E-state index contributed by atoms with van der Waals surface area (Å²) < 4.78 is 5.55. The van der Waals surface area contributed by atoms with Crippen LogP contribution in [0.4, 0.5) is 5.69 Å². The van der Waals surface area contributed by atoms with Crippen LogP contribution in [-0.4, -0.2) is 54.7 Å². The van der Waals surface area contributed by atoms with Crippen LogP contribution in [0.25, 0.3) is 0 Å². The van der Waals surface area contributed by atoms with Gasteiger partial charge in [-0.05, 0) is 104 Å². The average molecular weight is 529 g/mol. The third-order valence-corrected chi connectivity index (χ3v) is 10.7. The van der Waals surface area contributed by atoms with Gasteiger partial charge in [0.25, 0.3) is 0 Å². The third-order valence-electron chi connectivity index (χ3n) is 10.7. The van der Waals surface area contributed by atoms with Crippen molar-refractivity contribution in [2.24, 2.45) is 27.8 Å². The van der Waals surface area contributed by atoms with Crippen molar-refractivity contribution in [3.63, 3.8) is 0 Å². The molecule has 0 radical (unpaired) electrons. The van der Waals surface area contributed by atoms with Crippen LogP contribution in [-0.2, 0) is 9.53 Å². The summed E-state index contributed by atoms with van der Waals surface area (Å²) in [5, 5.41) is 22.6. The number of aliphatic hydroxyl groups is 1. The Bertz CT molecular complexity index is 1290. The molecule has 6 nitrogen and oxygen atoms in total. The number of hydrogen-bond donors (Lipinski definition) is 2. The van der Waals surface area contributed by atoms with Crippen LogP contribution in [0.2, 0.25) is 0 Å². The van der Waals surface area contributed by atoms with Gasteiger partial charge >= 0.3 is 0 Å². The van der Waals surface area contributed by atoms with E-state index in [1.165, 1.54) is 22.4 Å². The Kier molecular flexibility index (Phi) is 6.93. The zero-order valence-electron chi connectivity index (χ0n) is 23.2. The van der Waals surface area contributed by atoms with E-state index < -0.39 is 5.41 Å². The van der Waals surface area contributed by atoms with Crippen LogP contribution in [0.15, 0.2) is 52.2 Å². The minimum atomic E-state index is -0.720. The molecule has 4 aliphatic carbocycles. The number of carbonyl (C=O) groups is 1. The number of ketones is 1. The highest BCUT2D eigenvalue weighted by Gasteiger charge is 2.64. The zero-order valence-corrected chi connectivity index (χ0v) is 23.2. The van der Waals surface area contributed by atoms with E-state index in [4.69, 9.17) is 4.74 Å². The topological polar surface area (TPSA) is 82.4 Å². The number of allylic oxidation sites excluding steroid dienone is 4. The molecule has 1 aromatic carbocycles. The molecule has 0 unspecified atom stereocenters. The normalized spacial score (nSPS) is 34.9. The van der Waals surface area contributed by atoms with Crippen LogP contribution in [0.3, 0.4) is 0 Å². The summed E-state index contributed by atoms with van der Waals surface area (Å²) in [4.78, 5) is 15.8. The maximum Gasteiger partial charge on any atom is 0.148 e. The van der Waals surface area contributed by atoms with E-state index in [-0.39, 0.29) is 23.7 Å². The molecular formula is C33H40N2O4. The minimum Gasteiger partial charge on any atom is -0.411 e. The monoisotopic (exact) mass is 528 g/mol. The van der Waals surface area contributed by atoms with Crippen molar-refractivity contribution in [1.82, 2.24) is 0 Å². The molecule has 5 aliphatic rings. The Labute approximate surface area is 231 Å². The molecule has 2 saturated carbocycles. The summed E-state index contributed by atoms with van der Waals surface area (Å²) in [7, 11) is 0. The van der Waals surface area contributed by atoms with Gasteiger partial charge in [0.15, 0.2) is 0 Å². The van der Waals surface area contributed by atoms with Gasteiger partial charge in [0.2, 0.25) is 0 Å². The number of anilines is 1. The van der Waals surface area contributed by atoms with Crippen molar-refractivity contribution < 1.29 is 19.8 Å². The molecule has 0 bridgehead atoms. The number of oxime groups is 1. The van der Waals surface area contributed by atoms with Crippen LogP contribution in [0.1, 0.15) is 70.3 Å². The summed E-state index contributed by atoms with van der Waals surface area (Å²) in [6.07, 6.45) is 8.43. The molecule has 0 aromatic heterocycles. The van der Waals surface area contributed by atoms with E-state index in [2.05, 4.69) is 59.2 Å². The van der Waals surface area contributed by atoms with Gasteiger partial charge in [-0.15, -0.1) is 0 Å². The Morgan fingerprint density at radius 2 is 1.92 bits per heavy atom. The van der Waals surface area contributed by atoms with Crippen LogP contribution in [0, 0.1) is 34.5 Å². The van der Waals surface area contributed by atoms with Gasteiger partial charge in [0.1, 0.15) is 12.4 Å². The number of nitrogens with zero attached hydrogens (tertiary/aromatic N) is 2. The van der Waals surface area contributed by atoms with E-state index in [0.29, 0.717) is 11.8 Å². The number of ether oxygens (including phenoxy) is 1. The predicted octanol–water partition coefficient (Wildman–Crippen LogP) is 5.25. The van der Waals surface area contributed by atoms with Crippen molar-refractivity contribution in [1.29, 1.82) is 0 Å². The lowest BCUT2D eigenvalue weighted by atomic mass is 9.48. The summed E-state index contributed by atoms with van der Waals surface area (Å²) in [6.45, 7) is 7.15. The van der Waals surface area contributed by atoms with E-state index in [1.807, 2.05) is 0 Å². The van der Waals surface area contributed by atoms with Gasteiger partial charge in [-0.3, -0.25) is 4.79 Å². The average Bonchev–Trinajstić information content (AvgIpc) is 3.28. The standard InChI is InChI=1S/C33H40N2O4/c1-22(37)33(13-3-17-36)14-12-30-28-10-6-24-20-25(34-38)7-11-27(24)31(28)29(21-32(30,33)2)23-4-8-26(9-5-23)35-15-18-39-19-16-35/h4-5,8-9,20,28-30,36,38H,6-7,10-12,14-19,21H2,1-2H3/b34-25+/t28-,29+,30-,32-,33+/m0/s1. The lowest BCUT2D eigenvalue weighted by Crippen LogP contribution is -2.50. The number of morpholine rings is 1. The Morgan fingerprint density at radius 1 is 1.15 bits per heavy atom. The van der Waals surface area contributed by atoms with E-state index in [1.54, 1.807) is 12.5 Å². The maximum atomic E-state index is 13.4. The fourth-order valence-corrected chi connectivity index (χ4v) is 8.88. The minimum absolute atomic E-state index is 0.142.